The minimum Gasteiger partial charge on any atom is -0.493 e. The van der Waals surface area contributed by atoms with Gasteiger partial charge in [0, 0.05) is 4.47 Å². The van der Waals surface area contributed by atoms with Gasteiger partial charge in [-0.05, 0) is 67.8 Å². The van der Waals surface area contributed by atoms with Crippen LogP contribution in [-0.4, -0.2) is 32.3 Å². The number of carbonyl (C=O) groups excluding carboxylic acids is 2. The van der Waals surface area contributed by atoms with E-state index in [-0.39, 0.29) is 30.3 Å². The molecule has 0 N–H and O–H groups in total. The number of nitrogens with zero attached hydrogens (tertiary/aromatic N) is 1. The van der Waals surface area contributed by atoms with Crippen LogP contribution in [0.1, 0.15) is 23.6 Å². The zero-order chi connectivity index (χ0) is 23.0. The van der Waals surface area contributed by atoms with Crippen molar-refractivity contribution in [3.8, 4) is 23.3 Å². The molecule has 0 saturated carbocycles. The second kappa shape index (κ2) is 11.2. The van der Waals surface area contributed by atoms with Gasteiger partial charge in [-0.1, -0.05) is 22.0 Å². The highest BCUT2D eigenvalue weighted by molar-refractivity contribution is 9.10. The molecule has 0 radical (unpaired) electrons. The Morgan fingerprint density at radius 1 is 1.13 bits per heavy atom. The summed E-state index contributed by atoms with van der Waals surface area (Å²) in [5, 5.41) is 9.16. The van der Waals surface area contributed by atoms with Crippen molar-refractivity contribution in [2.75, 3.05) is 20.3 Å². The Balaban J connectivity index is 2.12. The number of rotatable bonds is 8. The molecule has 0 aliphatic carbocycles. The van der Waals surface area contributed by atoms with E-state index < -0.39 is 11.9 Å². The summed E-state index contributed by atoms with van der Waals surface area (Å²) in [4.78, 5) is 24.1. The molecule has 0 aliphatic rings. The molecule has 2 rings (SSSR count). The van der Waals surface area contributed by atoms with Gasteiger partial charge in [0.25, 0.3) is 0 Å². The van der Waals surface area contributed by atoms with Gasteiger partial charge in [0.1, 0.15) is 17.4 Å². The number of halogens is 1. The largest absolute Gasteiger partial charge is 0.493 e. The highest BCUT2D eigenvalue weighted by Crippen LogP contribution is 2.30. The summed E-state index contributed by atoms with van der Waals surface area (Å²) in [7, 11) is 1.42. The van der Waals surface area contributed by atoms with Crippen LogP contribution in [0.3, 0.4) is 0 Å². The summed E-state index contributed by atoms with van der Waals surface area (Å²) < 4.78 is 22.0. The number of benzene rings is 2. The molecular weight excluding hydrogens is 466 g/mol. The van der Waals surface area contributed by atoms with Crippen LogP contribution in [0.4, 0.5) is 0 Å². The minimum absolute atomic E-state index is 0.151. The number of esters is 2. The summed E-state index contributed by atoms with van der Waals surface area (Å²) in [6, 6.07) is 10.2. The van der Waals surface area contributed by atoms with Crippen LogP contribution in [0.15, 0.2) is 40.4 Å². The molecule has 2 aromatic rings. The van der Waals surface area contributed by atoms with Crippen molar-refractivity contribution in [3.05, 3.63) is 57.1 Å². The molecule has 0 amide bonds. The number of aryl methyl sites for hydroxylation is 2. The number of carbonyl (C=O) groups is 2. The van der Waals surface area contributed by atoms with E-state index in [4.69, 9.17) is 24.2 Å². The average Bonchev–Trinajstić information content (AvgIpc) is 2.72. The van der Waals surface area contributed by atoms with E-state index in [1.165, 1.54) is 19.3 Å². The van der Waals surface area contributed by atoms with E-state index in [0.717, 1.165) is 15.6 Å². The molecule has 31 heavy (non-hydrogen) atoms. The number of methoxy groups -OCH3 is 1. The van der Waals surface area contributed by atoms with E-state index in [2.05, 4.69) is 15.9 Å². The summed E-state index contributed by atoms with van der Waals surface area (Å²) in [5.74, 6) is -0.246. The molecule has 7 nitrogen and oxygen atoms in total. The Labute approximate surface area is 189 Å². The second-order valence-electron chi connectivity index (χ2n) is 6.43. The first kappa shape index (κ1) is 24.0. The molecule has 0 atom stereocenters. The molecule has 8 heteroatoms. The number of nitriles is 1. The van der Waals surface area contributed by atoms with Crippen molar-refractivity contribution in [1.82, 2.24) is 0 Å². The van der Waals surface area contributed by atoms with Crippen molar-refractivity contribution < 1.29 is 28.5 Å². The van der Waals surface area contributed by atoms with Crippen molar-refractivity contribution >= 4 is 33.9 Å². The summed E-state index contributed by atoms with van der Waals surface area (Å²) >= 11 is 3.42. The third-order valence-corrected chi connectivity index (χ3v) is 4.56. The lowest BCUT2D eigenvalue weighted by molar-refractivity contribution is -0.138. The van der Waals surface area contributed by atoms with Gasteiger partial charge >= 0.3 is 11.9 Å². The van der Waals surface area contributed by atoms with Crippen LogP contribution in [0, 0.1) is 25.2 Å². The van der Waals surface area contributed by atoms with Gasteiger partial charge in [-0.3, -0.25) is 0 Å². The highest BCUT2D eigenvalue weighted by atomic mass is 79.9. The van der Waals surface area contributed by atoms with Crippen LogP contribution in [0.25, 0.3) is 6.08 Å². The maximum atomic E-state index is 12.3. The third kappa shape index (κ3) is 6.59. The molecular formula is C23H22BrNO6. The zero-order valence-electron chi connectivity index (χ0n) is 17.7. The Kier molecular flexibility index (Phi) is 8.64. The van der Waals surface area contributed by atoms with E-state index in [1.54, 1.807) is 25.1 Å². The Morgan fingerprint density at radius 2 is 1.81 bits per heavy atom. The fourth-order valence-electron chi connectivity index (χ4n) is 2.78. The van der Waals surface area contributed by atoms with Gasteiger partial charge in [-0.2, -0.15) is 5.26 Å². The van der Waals surface area contributed by atoms with E-state index >= 15 is 0 Å². The van der Waals surface area contributed by atoms with Crippen LogP contribution in [-0.2, 0) is 14.3 Å². The van der Waals surface area contributed by atoms with Crippen LogP contribution in [0.2, 0.25) is 0 Å². The zero-order valence-corrected chi connectivity index (χ0v) is 19.2. The molecule has 0 aromatic heterocycles. The lowest BCUT2D eigenvalue weighted by Gasteiger charge is -2.13. The quantitative estimate of drug-likeness (QED) is 0.233. The van der Waals surface area contributed by atoms with E-state index in [1.807, 2.05) is 26.0 Å². The van der Waals surface area contributed by atoms with Crippen molar-refractivity contribution in [3.63, 3.8) is 0 Å². The van der Waals surface area contributed by atoms with Gasteiger partial charge in [-0.15, -0.1) is 0 Å². The first-order chi connectivity index (χ1) is 14.8. The summed E-state index contributed by atoms with van der Waals surface area (Å²) in [6.45, 7) is 5.31. The van der Waals surface area contributed by atoms with Crippen LogP contribution in [0.5, 0.6) is 17.2 Å². The second-order valence-corrected chi connectivity index (χ2v) is 7.35. The standard InChI is InChI=1S/C23H22BrNO6/c1-5-29-23(27)17(12-25)10-16-6-7-19(20(11-16)28-4)31-21(26)13-30-22-14(2)8-18(24)9-15(22)3/h6-11H,5,13H2,1-4H3/b17-10+. The van der Waals surface area contributed by atoms with Crippen molar-refractivity contribution in [2.45, 2.75) is 20.8 Å². The van der Waals surface area contributed by atoms with Gasteiger partial charge in [0.15, 0.2) is 18.1 Å². The molecule has 0 bridgehead atoms. The molecule has 2 aromatic carbocycles. The first-order valence-electron chi connectivity index (χ1n) is 9.36. The number of hydrogen-bond acceptors (Lipinski definition) is 7. The predicted octanol–water partition coefficient (Wildman–Crippen LogP) is 4.53. The SMILES string of the molecule is CCOC(=O)/C(C#N)=C/c1ccc(OC(=O)COc2c(C)cc(Br)cc2C)c(OC)c1. The Hall–Kier alpha value is -3.31. The minimum atomic E-state index is -0.713. The summed E-state index contributed by atoms with van der Waals surface area (Å²) in [5.41, 5.74) is 2.15. The molecule has 0 fully saturated rings. The first-order valence-corrected chi connectivity index (χ1v) is 10.2. The predicted molar refractivity (Wildman–Crippen MR) is 118 cm³/mol. The monoisotopic (exact) mass is 487 g/mol. The number of hydrogen-bond donors (Lipinski definition) is 0. The van der Waals surface area contributed by atoms with Gasteiger partial charge in [0.05, 0.1) is 13.7 Å². The van der Waals surface area contributed by atoms with Crippen LogP contribution >= 0.6 is 15.9 Å². The van der Waals surface area contributed by atoms with Gasteiger partial charge in [-0.25, -0.2) is 9.59 Å². The molecule has 0 saturated heterocycles. The topological polar surface area (TPSA) is 94.9 Å². The van der Waals surface area contributed by atoms with Gasteiger partial charge in [0.2, 0.25) is 0 Å². The van der Waals surface area contributed by atoms with E-state index in [9.17, 15) is 9.59 Å². The lowest BCUT2D eigenvalue weighted by Crippen LogP contribution is -2.18. The fraction of sp³-hybridized carbons (Fsp3) is 0.261. The molecule has 0 unspecified atom stereocenters. The summed E-state index contributed by atoms with van der Waals surface area (Å²) in [6.07, 6.45) is 1.37. The third-order valence-electron chi connectivity index (χ3n) is 4.10. The number of ether oxygens (including phenoxy) is 4. The molecule has 0 aliphatic heterocycles. The fourth-order valence-corrected chi connectivity index (χ4v) is 3.47. The lowest BCUT2D eigenvalue weighted by atomic mass is 10.1. The van der Waals surface area contributed by atoms with Crippen molar-refractivity contribution in [2.24, 2.45) is 0 Å². The molecule has 0 spiro atoms. The average molecular weight is 488 g/mol. The highest BCUT2D eigenvalue weighted by Gasteiger charge is 2.15. The molecule has 162 valence electrons. The van der Waals surface area contributed by atoms with Gasteiger partial charge < -0.3 is 18.9 Å². The maximum absolute atomic E-state index is 12.3. The molecule has 0 heterocycles. The maximum Gasteiger partial charge on any atom is 0.349 e. The Morgan fingerprint density at radius 3 is 2.39 bits per heavy atom. The smallest absolute Gasteiger partial charge is 0.349 e. The van der Waals surface area contributed by atoms with Crippen LogP contribution < -0.4 is 14.2 Å². The normalized spacial score (nSPS) is 10.8. The van der Waals surface area contributed by atoms with Crippen molar-refractivity contribution in [1.29, 1.82) is 5.26 Å². The van der Waals surface area contributed by atoms with E-state index in [0.29, 0.717) is 11.3 Å². The Bertz CT molecular complexity index is 1030.